The Morgan fingerprint density at radius 1 is 1.03 bits per heavy atom. The van der Waals surface area contributed by atoms with Gasteiger partial charge in [0.25, 0.3) is 0 Å². The predicted molar refractivity (Wildman–Crippen MR) is 122 cm³/mol. The number of aryl methyl sites for hydroxylation is 2. The van der Waals surface area contributed by atoms with Crippen LogP contribution in [0.5, 0.6) is 0 Å². The number of sulfonamides is 1. The summed E-state index contributed by atoms with van der Waals surface area (Å²) >= 11 is 2.56. The summed E-state index contributed by atoms with van der Waals surface area (Å²) < 4.78 is 36.0. The van der Waals surface area contributed by atoms with Crippen molar-refractivity contribution < 1.29 is 13.2 Å². The van der Waals surface area contributed by atoms with Gasteiger partial charge in [-0.2, -0.15) is 13.1 Å². The molecule has 1 fully saturated rings. The van der Waals surface area contributed by atoms with Crippen molar-refractivity contribution in [1.82, 2.24) is 18.0 Å². The van der Waals surface area contributed by atoms with E-state index in [0.717, 1.165) is 29.5 Å². The van der Waals surface area contributed by atoms with Crippen LogP contribution in [0.2, 0.25) is 0 Å². The second kappa shape index (κ2) is 8.50. The molecule has 10 heteroatoms. The lowest BCUT2D eigenvalue weighted by molar-refractivity contribution is -0.129. The van der Waals surface area contributed by atoms with Crippen LogP contribution in [0.1, 0.15) is 17.5 Å². The van der Waals surface area contributed by atoms with Crippen molar-refractivity contribution >= 4 is 50.5 Å². The number of carbonyl (C=O) groups is 1. The van der Waals surface area contributed by atoms with E-state index in [9.17, 15) is 13.2 Å². The normalized spacial score (nSPS) is 17.2. The Hall–Kier alpha value is -2.01. The molecule has 5 rings (SSSR count). The molecule has 2 aromatic carbocycles. The fourth-order valence-electron chi connectivity index (χ4n) is 4.18. The summed E-state index contributed by atoms with van der Waals surface area (Å²) in [7, 11) is -3.67. The van der Waals surface area contributed by atoms with Crippen LogP contribution in [0.4, 0.5) is 0 Å². The number of amides is 1. The molecule has 0 atom stereocenters. The van der Waals surface area contributed by atoms with Gasteiger partial charge in [-0.25, -0.2) is 8.42 Å². The first-order chi connectivity index (χ1) is 15.0. The molecule has 162 valence electrons. The van der Waals surface area contributed by atoms with Crippen molar-refractivity contribution in [2.24, 2.45) is 0 Å². The Morgan fingerprint density at radius 3 is 2.68 bits per heavy atom. The minimum atomic E-state index is -3.67. The third-order valence-electron chi connectivity index (χ3n) is 5.89. The van der Waals surface area contributed by atoms with Crippen molar-refractivity contribution in [3.05, 3.63) is 47.5 Å². The molecule has 2 heterocycles. The van der Waals surface area contributed by atoms with Gasteiger partial charge in [0, 0.05) is 31.1 Å². The van der Waals surface area contributed by atoms with Gasteiger partial charge in [-0.05, 0) is 54.7 Å². The Labute approximate surface area is 189 Å². The zero-order valence-corrected chi connectivity index (χ0v) is 19.3. The summed E-state index contributed by atoms with van der Waals surface area (Å²) in [5, 5.41) is 0. The van der Waals surface area contributed by atoms with Crippen LogP contribution in [-0.4, -0.2) is 64.2 Å². The molecule has 0 spiro atoms. The van der Waals surface area contributed by atoms with E-state index in [1.54, 1.807) is 34.9 Å². The van der Waals surface area contributed by atoms with Crippen LogP contribution in [0.25, 0.3) is 11.0 Å². The number of aromatic nitrogens is 2. The van der Waals surface area contributed by atoms with Gasteiger partial charge in [-0.1, -0.05) is 12.1 Å². The van der Waals surface area contributed by atoms with Crippen molar-refractivity contribution in [3.8, 4) is 0 Å². The van der Waals surface area contributed by atoms with Crippen molar-refractivity contribution in [3.63, 3.8) is 0 Å². The van der Waals surface area contributed by atoms with Crippen molar-refractivity contribution in [1.29, 1.82) is 0 Å². The Balaban J connectivity index is 1.20. The molecule has 1 aliphatic heterocycles. The number of carbonyl (C=O) groups excluding carboxylic acids is 1. The van der Waals surface area contributed by atoms with Crippen molar-refractivity contribution in [2.45, 2.75) is 29.1 Å². The van der Waals surface area contributed by atoms with Crippen LogP contribution in [-0.2, 0) is 27.7 Å². The number of hydrogen-bond donors (Lipinski definition) is 0. The van der Waals surface area contributed by atoms with Gasteiger partial charge in [0.05, 0.1) is 17.5 Å². The van der Waals surface area contributed by atoms with E-state index < -0.39 is 10.0 Å². The first-order valence-corrected chi connectivity index (χ1v) is 13.4. The molecular weight excluding hydrogens is 452 g/mol. The summed E-state index contributed by atoms with van der Waals surface area (Å²) in [6.45, 7) is 1.36. The molecule has 1 amide bonds. The second-order valence-electron chi connectivity index (χ2n) is 7.75. The number of fused-ring (bicyclic) bond motifs is 2. The summed E-state index contributed by atoms with van der Waals surface area (Å²) in [5.74, 6) is 0.420. The highest BCUT2D eigenvalue weighted by Crippen LogP contribution is 2.28. The molecule has 0 radical (unpaired) electrons. The number of rotatable bonds is 5. The highest BCUT2D eigenvalue weighted by atomic mass is 32.2. The van der Waals surface area contributed by atoms with Crippen LogP contribution in [0.3, 0.4) is 0 Å². The number of piperazine rings is 1. The highest BCUT2D eigenvalue weighted by Gasteiger charge is 2.32. The average molecular weight is 475 g/mol. The monoisotopic (exact) mass is 474 g/mol. The number of benzene rings is 2. The molecule has 1 saturated heterocycles. The van der Waals surface area contributed by atoms with Gasteiger partial charge in [-0.3, -0.25) is 4.79 Å². The quantitative estimate of drug-likeness (QED) is 0.529. The molecule has 0 saturated carbocycles. The summed E-state index contributed by atoms with van der Waals surface area (Å²) in [6, 6.07) is 11.5. The molecule has 3 aromatic rings. The van der Waals surface area contributed by atoms with Gasteiger partial charge >= 0.3 is 0 Å². The molecular formula is C21H22N4O3S3. The maximum Gasteiger partial charge on any atom is 0.245 e. The molecule has 0 bridgehead atoms. The Kier molecular flexibility index (Phi) is 5.72. The molecule has 1 aromatic heterocycles. The number of hydrogen-bond acceptors (Lipinski definition) is 7. The fourth-order valence-corrected chi connectivity index (χ4v) is 7.22. The lowest BCUT2D eigenvalue weighted by atomic mass is 10.1. The van der Waals surface area contributed by atoms with E-state index >= 15 is 0 Å². The van der Waals surface area contributed by atoms with Crippen LogP contribution >= 0.6 is 23.5 Å². The zero-order valence-electron chi connectivity index (χ0n) is 16.9. The molecule has 31 heavy (non-hydrogen) atoms. The molecule has 0 unspecified atom stereocenters. The van der Waals surface area contributed by atoms with Crippen LogP contribution in [0, 0.1) is 0 Å². The minimum Gasteiger partial charge on any atom is -0.339 e. The van der Waals surface area contributed by atoms with E-state index in [4.69, 9.17) is 0 Å². The van der Waals surface area contributed by atoms with Gasteiger partial charge in [0.15, 0.2) is 0 Å². The standard InChI is InChI=1S/C21H22N4O3S3/c26-20(14-29-17-8-7-15-3-1-4-16(15)13-17)24-9-11-25(12-10-24)31(27,28)19-6-2-5-18-21(19)23-30-22-18/h2,5-8,13H,1,3-4,9-12,14H2. The number of nitrogens with zero attached hydrogens (tertiary/aromatic N) is 4. The maximum absolute atomic E-state index is 13.1. The Bertz CT molecular complexity index is 1230. The van der Waals surface area contributed by atoms with E-state index in [-0.39, 0.29) is 23.9 Å². The van der Waals surface area contributed by atoms with E-state index in [2.05, 4.69) is 26.9 Å². The van der Waals surface area contributed by atoms with E-state index in [1.807, 2.05) is 0 Å². The molecule has 7 nitrogen and oxygen atoms in total. The summed E-state index contributed by atoms with van der Waals surface area (Å²) in [4.78, 5) is 15.8. The fraction of sp³-hybridized carbons (Fsp3) is 0.381. The summed E-state index contributed by atoms with van der Waals surface area (Å²) in [5.41, 5.74) is 3.83. The van der Waals surface area contributed by atoms with Gasteiger partial charge < -0.3 is 4.90 Å². The smallest absolute Gasteiger partial charge is 0.245 e. The topological polar surface area (TPSA) is 83.5 Å². The second-order valence-corrected chi connectivity index (χ2v) is 11.2. The largest absolute Gasteiger partial charge is 0.339 e. The minimum absolute atomic E-state index is 0.0494. The van der Waals surface area contributed by atoms with E-state index in [0.29, 0.717) is 29.9 Å². The average Bonchev–Trinajstić information content (AvgIpc) is 3.46. The predicted octanol–water partition coefficient (Wildman–Crippen LogP) is 2.81. The third-order valence-corrected chi connectivity index (χ3v) is 9.34. The van der Waals surface area contributed by atoms with Gasteiger partial charge in [0.2, 0.25) is 15.9 Å². The molecule has 2 aliphatic rings. The van der Waals surface area contributed by atoms with Gasteiger partial charge in [-0.15, -0.1) is 11.8 Å². The number of thioether (sulfide) groups is 1. The first-order valence-electron chi connectivity index (χ1n) is 10.3. The SMILES string of the molecule is O=C(CSc1ccc2c(c1)CCC2)N1CCN(S(=O)(=O)c2cccc3nsnc23)CC1. The molecule has 0 N–H and O–H groups in total. The van der Waals surface area contributed by atoms with Crippen molar-refractivity contribution in [2.75, 3.05) is 31.9 Å². The Morgan fingerprint density at radius 2 is 1.84 bits per heavy atom. The zero-order chi connectivity index (χ0) is 21.4. The summed E-state index contributed by atoms with van der Waals surface area (Å²) in [6.07, 6.45) is 3.49. The third kappa shape index (κ3) is 4.09. The van der Waals surface area contributed by atoms with Crippen LogP contribution in [0.15, 0.2) is 46.2 Å². The first kappa shape index (κ1) is 20.9. The molecule has 1 aliphatic carbocycles. The highest BCUT2D eigenvalue weighted by molar-refractivity contribution is 8.00. The lowest BCUT2D eigenvalue weighted by Gasteiger charge is -2.34. The van der Waals surface area contributed by atoms with Crippen LogP contribution < -0.4 is 0 Å². The maximum atomic E-state index is 13.1. The lowest BCUT2D eigenvalue weighted by Crippen LogP contribution is -2.51. The van der Waals surface area contributed by atoms with E-state index in [1.165, 1.54) is 21.9 Å². The van der Waals surface area contributed by atoms with Gasteiger partial charge in [0.1, 0.15) is 15.9 Å².